The van der Waals surface area contributed by atoms with Gasteiger partial charge in [-0.1, -0.05) is 18.2 Å². The Kier molecular flexibility index (Phi) is 5.41. The van der Waals surface area contributed by atoms with E-state index in [4.69, 9.17) is 10.5 Å². The predicted molar refractivity (Wildman–Crippen MR) is 79.7 cm³/mol. The molecule has 1 aromatic carbocycles. The van der Waals surface area contributed by atoms with Gasteiger partial charge in [-0.2, -0.15) is 0 Å². The number of ether oxygens (including phenoxy) is 1. The van der Waals surface area contributed by atoms with Crippen LogP contribution in [0.5, 0.6) is 5.75 Å². The molecular formula is C16H24N2O2. The fraction of sp³-hybridized carbons (Fsp3) is 0.562. The van der Waals surface area contributed by atoms with Crippen molar-refractivity contribution in [3.8, 4) is 5.75 Å². The van der Waals surface area contributed by atoms with Crippen LogP contribution >= 0.6 is 0 Å². The van der Waals surface area contributed by atoms with Crippen LogP contribution in [0.15, 0.2) is 24.3 Å². The van der Waals surface area contributed by atoms with E-state index in [2.05, 4.69) is 6.07 Å². The normalized spacial score (nSPS) is 18.3. The van der Waals surface area contributed by atoms with Gasteiger partial charge in [-0.3, -0.25) is 4.79 Å². The molecule has 1 amide bonds. The molecule has 4 nitrogen and oxygen atoms in total. The van der Waals surface area contributed by atoms with Gasteiger partial charge in [0, 0.05) is 19.0 Å². The van der Waals surface area contributed by atoms with Crippen LogP contribution in [0, 0.1) is 0 Å². The number of carbonyl (C=O) groups is 1. The Hall–Kier alpha value is -1.55. The highest BCUT2D eigenvalue weighted by atomic mass is 16.5. The van der Waals surface area contributed by atoms with Crippen molar-refractivity contribution >= 4 is 5.91 Å². The third-order valence-corrected chi connectivity index (χ3v) is 3.94. The number of benzene rings is 1. The van der Waals surface area contributed by atoms with Crippen molar-refractivity contribution in [2.45, 2.75) is 38.1 Å². The number of carbonyl (C=O) groups excluding carboxylic acids is 1. The number of hydrogen-bond acceptors (Lipinski definition) is 3. The van der Waals surface area contributed by atoms with Crippen molar-refractivity contribution in [3.05, 3.63) is 29.8 Å². The van der Waals surface area contributed by atoms with Gasteiger partial charge in [0.25, 0.3) is 0 Å². The fourth-order valence-electron chi connectivity index (χ4n) is 2.90. The number of methoxy groups -OCH3 is 1. The highest BCUT2D eigenvalue weighted by Gasteiger charge is 2.28. The summed E-state index contributed by atoms with van der Waals surface area (Å²) in [5.41, 5.74) is 6.66. The Morgan fingerprint density at radius 1 is 1.45 bits per heavy atom. The van der Waals surface area contributed by atoms with E-state index in [0.29, 0.717) is 19.0 Å². The van der Waals surface area contributed by atoms with Crippen LogP contribution in [0.4, 0.5) is 0 Å². The van der Waals surface area contributed by atoms with Crippen molar-refractivity contribution in [1.29, 1.82) is 0 Å². The molecule has 1 aliphatic rings. The molecule has 4 heteroatoms. The zero-order chi connectivity index (χ0) is 14.4. The topological polar surface area (TPSA) is 55.6 Å². The number of likely N-dealkylation sites (tertiary alicyclic amines) is 1. The van der Waals surface area contributed by atoms with Crippen molar-refractivity contribution in [3.63, 3.8) is 0 Å². The van der Waals surface area contributed by atoms with Crippen molar-refractivity contribution in [1.82, 2.24) is 4.90 Å². The number of nitrogens with two attached hydrogens (primary N) is 1. The minimum atomic E-state index is 0.243. The van der Waals surface area contributed by atoms with Crippen LogP contribution in [0.2, 0.25) is 0 Å². The number of amides is 1. The van der Waals surface area contributed by atoms with E-state index >= 15 is 0 Å². The first kappa shape index (κ1) is 14.9. The Morgan fingerprint density at radius 2 is 2.25 bits per heavy atom. The molecule has 0 bridgehead atoms. The summed E-state index contributed by atoms with van der Waals surface area (Å²) in [6.07, 6.45) is 4.38. The monoisotopic (exact) mass is 276 g/mol. The second kappa shape index (κ2) is 7.29. The summed E-state index contributed by atoms with van der Waals surface area (Å²) in [5.74, 6) is 1.15. The summed E-state index contributed by atoms with van der Waals surface area (Å²) in [5, 5.41) is 0. The molecule has 1 unspecified atom stereocenters. The van der Waals surface area contributed by atoms with Gasteiger partial charge >= 0.3 is 0 Å². The predicted octanol–water partition coefficient (Wildman–Crippen LogP) is 1.97. The Labute approximate surface area is 120 Å². The molecule has 0 radical (unpaired) electrons. The van der Waals surface area contributed by atoms with Crippen LogP contribution in [-0.4, -0.2) is 37.0 Å². The summed E-state index contributed by atoms with van der Waals surface area (Å²) in [6.45, 7) is 1.46. The maximum Gasteiger partial charge on any atom is 0.222 e. The van der Waals surface area contributed by atoms with Crippen LogP contribution in [0.1, 0.15) is 31.2 Å². The van der Waals surface area contributed by atoms with Crippen LogP contribution in [-0.2, 0) is 11.2 Å². The Bertz CT molecular complexity index is 448. The van der Waals surface area contributed by atoms with E-state index < -0.39 is 0 Å². The first-order valence-electron chi connectivity index (χ1n) is 7.37. The first-order valence-corrected chi connectivity index (χ1v) is 7.37. The lowest BCUT2D eigenvalue weighted by molar-refractivity contribution is -0.132. The maximum absolute atomic E-state index is 12.2. The molecule has 0 spiro atoms. The zero-order valence-electron chi connectivity index (χ0n) is 12.2. The Balaban J connectivity index is 2.02. The second-order valence-corrected chi connectivity index (χ2v) is 5.29. The summed E-state index contributed by atoms with van der Waals surface area (Å²) in [7, 11) is 1.69. The minimum Gasteiger partial charge on any atom is -0.496 e. The van der Waals surface area contributed by atoms with E-state index in [1.807, 2.05) is 23.1 Å². The highest BCUT2D eigenvalue weighted by molar-refractivity contribution is 5.76. The van der Waals surface area contributed by atoms with Crippen molar-refractivity contribution in [2.75, 3.05) is 20.2 Å². The van der Waals surface area contributed by atoms with Gasteiger partial charge in [0.05, 0.1) is 7.11 Å². The summed E-state index contributed by atoms with van der Waals surface area (Å²) in [4.78, 5) is 14.2. The van der Waals surface area contributed by atoms with E-state index in [1.54, 1.807) is 7.11 Å². The van der Waals surface area contributed by atoms with Crippen LogP contribution in [0.25, 0.3) is 0 Å². The molecule has 1 aromatic rings. The average Bonchev–Trinajstić information content (AvgIpc) is 2.93. The molecule has 1 atom stereocenters. The summed E-state index contributed by atoms with van der Waals surface area (Å²) < 4.78 is 5.40. The lowest BCUT2D eigenvalue weighted by Crippen LogP contribution is -2.37. The van der Waals surface area contributed by atoms with Gasteiger partial charge in [0.15, 0.2) is 0 Å². The molecule has 0 aromatic heterocycles. The molecule has 2 rings (SSSR count). The van der Waals surface area contributed by atoms with Crippen molar-refractivity contribution in [2.24, 2.45) is 5.73 Å². The molecule has 0 saturated carbocycles. The zero-order valence-corrected chi connectivity index (χ0v) is 12.2. The SMILES string of the molecule is COc1ccccc1CC1CCCN1C(=O)CCCN. The summed E-state index contributed by atoms with van der Waals surface area (Å²) in [6, 6.07) is 8.36. The third-order valence-electron chi connectivity index (χ3n) is 3.94. The number of para-hydroxylation sites is 1. The van der Waals surface area contributed by atoms with Gasteiger partial charge in [-0.05, 0) is 43.9 Å². The standard InChI is InChI=1S/C16H24N2O2/c1-20-15-8-3-2-6-13(15)12-14-7-5-11-18(14)16(19)9-4-10-17/h2-3,6,8,14H,4-5,7,9-12,17H2,1H3. The Morgan fingerprint density at radius 3 is 3.00 bits per heavy atom. The summed E-state index contributed by atoms with van der Waals surface area (Å²) >= 11 is 0. The van der Waals surface area contributed by atoms with Crippen molar-refractivity contribution < 1.29 is 9.53 Å². The smallest absolute Gasteiger partial charge is 0.222 e. The first-order chi connectivity index (χ1) is 9.76. The molecule has 110 valence electrons. The quantitative estimate of drug-likeness (QED) is 0.864. The average molecular weight is 276 g/mol. The molecule has 20 heavy (non-hydrogen) atoms. The van der Waals surface area contributed by atoms with E-state index in [-0.39, 0.29) is 5.91 Å². The molecule has 1 aliphatic heterocycles. The van der Waals surface area contributed by atoms with Gasteiger partial charge in [-0.15, -0.1) is 0 Å². The molecule has 1 fully saturated rings. The lowest BCUT2D eigenvalue weighted by atomic mass is 10.0. The molecule has 0 aliphatic carbocycles. The van der Waals surface area contributed by atoms with E-state index in [0.717, 1.165) is 38.0 Å². The largest absolute Gasteiger partial charge is 0.496 e. The van der Waals surface area contributed by atoms with E-state index in [1.165, 1.54) is 5.56 Å². The van der Waals surface area contributed by atoms with Crippen LogP contribution < -0.4 is 10.5 Å². The maximum atomic E-state index is 12.2. The van der Waals surface area contributed by atoms with Gasteiger partial charge < -0.3 is 15.4 Å². The third kappa shape index (κ3) is 3.51. The molecular weight excluding hydrogens is 252 g/mol. The van der Waals surface area contributed by atoms with Gasteiger partial charge in [0.1, 0.15) is 5.75 Å². The number of rotatable bonds is 6. The fourth-order valence-corrected chi connectivity index (χ4v) is 2.90. The number of nitrogens with zero attached hydrogens (tertiary/aromatic N) is 1. The van der Waals surface area contributed by atoms with Gasteiger partial charge in [-0.25, -0.2) is 0 Å². The second-order valence-electron chi connectivity index (χ2n) is 5.29. The molecule has 1 saturated heterocycles. The van der Waals surface area contributed by atoms with Crippen LogP contribution in [0.3, 0.4) is 0 Å². The van der Waals surface area contributed by atoms with Gasteiger partial charge in [0.2, 0.25) is 5.91 Å². The molecule has 2 N–H and O–H groups in total. The number of hydrogen-bond donors (Lipinski definition) is 1. The van der Waals surface area contributed by atoms with E-state index in [9.17, 15) is 4.79 Å². The molecule has 1 heterocycles. The minimum absolute atomic E-state index is 0.243. The highest BCUT2D eigenvalue weighted by Crippen LogP contribution is 2.26. The lowest BCUT2D eigenvalue weighted by Gasteiger charge is -2.25.